The highest BCUT2D eigenvalue weighted by Crippen LogP contribution is 2.05. The Balaban J connectivity index is 2.75. The zero-order valence-corrected chi connectivity index (χ0v) is 11.8. The van der Waals surface area contributed by atoms with Crippen LogP contribution in [0.25, 0.3) is 0 Å². The molecular weight excluding hydrogens is 212 g/mol. The van der Waals surface area contributed by atoms with Gasteiger partial charge in [0.15, 0.2) is 0 Å². The predicted octanol–water partition coefficient (Wildman–Crippen LogP) is 1.73. The molecule has 0 fully saturated rings. The fourth-order valence-corrected chi connectivity index (χ4v) is 1.50. The zero-order valence-electron chi connectivity index (χ0n) is 11.8. The Morgan fingerprint density at radius 1 is 1.24 bits per heavy atom. The van der Waals surface area contributed by atoms with Gasteiger partial charge in [-0.25, -0.2) is 9.97 Å². The third-order valence-corrected chi connectivity index (χ3v) is 2.21. The third kappa shape index (κ3) is 5.75. The average molecular weight is 236 g/mol. The van der Waals surface area contributed by atoms with E-state index >= 15 is 0 Å². The molecule has 0 aliphatic heterocycles. The maximum atomic E-state index is 4.56. The lowest BCUT2D eigenvalue weighted by Crippen LogP contribution is -2.35. The summed E-state index contributed by atoms with van der Waals surface area (Å²) in [6.45, 7) is 10.0. The van der Waals surface area contributed by atoms with Gasteiger partial charge in [0.05, 0.1) is 12.2 Å². The van der Waals surface area contributed by atoms with E-state index in [0.29, 0.717) is 0 Å². The highest BCUT2D eigenvalue weighted by Gasteiger charge is 2.10. The van der Waals surface area contributed by atoms with Gasteiger partial charge in [0.2, 0.25) is 0 Å². The second-order valence-electron chi connectivity index (χ2n) is 5.76. The van der Waals surface area contributed by atoms with Crippen LogP contribution in [0.15, 0.2) is 6.07 Å². The Morgan fingerprint density at radius 3 is 2.41 bits per heavy atom. The minimum absolute atomic E-state index is 0.112. The quantitative estimate of drug-likeness (QED) is 0.864. The maximum Gasteiger partial charge on any atom is 0.142 e. The Labute approximate surface area is 104 Å². The van der Waals surface area contributed by atoms with E-state index in [9.17, 15) is 0 Å². The minimum atomic E-state index is 0.112. The fourth-order valence-electron chi connectivity index (χ4n) is 1.50. The second kappa shape index (κ2) is 5.56. The van der Waals surface area contributed by atoms with Gasteiger partial charge in [-0.2, -0.15) is 0 Å². The molecule has 0 aliphatic rings. The first-order valence-electron chi connectivity index (χ1n) is 5.99. The Hall–Kier alpha value is -1.00. The van der Waals surface area contributed by atoms with E-state index in [0.717, 1.165) is 30.3 Å². The number of hydrogen-bond acceptors (Lipinski definition) is 4. The van der Waals surface area contributed by atoms with Gasteiger partial charge in [-0.05, 0) is 47.9 Å². The molecule has 0 aromatic carbocycles. The molecule has 1 heterocycles. The van der Waals surface area contributed by atoms with Gasteiger partial charge in [0, 0.05) is 17.8 Å². The summed E-state index contributed by atoms with van der Waals surface area (Å²) in [5, 5.41) is 3.44. The number of aromatic nitrogens is 2. The lowest BCUT2D eigenvalue weighted by molar-refractivity contribution is 0.386. The van der Waals surface area contributed by atoms with E-state index in [-0.39, 0.29) is 5.54 Å². The van der Waals surface area contributed by atoms with Crippen molar-refractivity contribution in [2.24, 2.45) is 0 Å². The van der Waals surface area contributed by atoms with Crippen LogP contribution in [0.2, 0.25) is 0 Å². The van der Waals surface area contributed by atoms with E-state index in [4.69, 9.17) is 0 Å². The van der Waals surface area contributed by atoms with Gasteiger partial charge in [-0.3, -0.25) is 0 Å². The summed E-state index contributed by atoms with van der Waals surface area (Å²) in [6, 6.07) is 2.04. The molecule has 0 atom stereocenters. The molecule has 4 heteroatoms. The molecule has 0 aliphatic carbocycles. The first kappa shape index (κ1) is 14.1. The molecule has 0 saturated carbocycles. The molecule has 0 amide bonds. The molecule has 0 unspecified atom stereocenters. The Bertz CT molecular complexity index is 366. The molecule has 17 heavy (non-hydrogen) atoms. The SMILES string of the molecule is Cc1cc(CNC(C)(C)C)nc(CN(C)C)n1. The van der Waals surface area contributed by atoms with Gasteiger partial charge in [-0.15, -0.1) is 0 Å². The summed E-state index contributed by atoms with van der Waals surface area (Å²) in [5.74, 6) is 0.890. The summed E-state index contributed by atoms with van der Waals surface area (Å²) in [5.41, 5.74) is 2.20. The number of aryl methyl sites for hydroxylation is 1. The molecule has 0 saturated heterocycles. The van der Waals surface area contributed by atoms with Gasteiger partial charge in [0.1, 0.15) is 5.82 Å². The van der Waals surface area contributed by atoms with Crippen molar-refractivity contribution in [1.29, 1.82) is 0 Å². The minimum Gasteiger partial charge on any atom is -0.306 e. The number of nitrogens with zero attached hydrogens (tertiary/aromatic N) is 3. The molecule has 1 aromatic rings. The van der Waals surface area contributed by atoms with Crippen molar-refractivity contribution in [1.82, 2.24) is 20.2 Å². The zero-order chi connectivity index (χ0) is 13.1. The first-order chi connectivity index (χ1) is 7.76. The maximum absolute atomic E-state index is 4.56. The number of rotatable bonds is 4. The number of nitrogens with one attached hydrogen (secondary N) is 1. The summed E-state index contributed by atoms with van der Waals surface area (Å²) in [7, 11) is 4.05. The van der Waals surface area contributed by atoms with Gasteiger partial charge >= 0.3 is 0 Å². The van der Waals surface area contributed by atoms with Crippen molar-refractivity contribution in [3.8, 4) is 0 Å². The molecular formula is C13H24N4. The largest absolute Gasteiger partial charge is 0.306 e. The number of hydrogen-bond donors (Lipinski definition) is 1. The molecule has 0 radical (unpaired) electrons. The summed E-state index contributed by atoms with van der Waals surface area (Å²) >= 11 is 0. The third-order valence-electron chi connectivity index (χ3n) is 2.21. The van der Waals surface area contributed by atoms with Crippen molar-refractivity contribution in [3.05, 3.63) is 23.3 Å². The lowest BCUT2D eigenvalue weighted by atomic mass is 10.1. The normalized spacial score (nSPS) is 12.2. The van der Waals surface area contributed by atoms with Gasteiger partial charge < -0.3 is 10.2 Å². The molecule has 0 spiro atoms. The van der Waals surface area contributed by atoms with E-state index in [1.54, 1.807) is 0 Å². The first-order valence-corrected chi connectivity index (χ1v) is 5.99. The average Bonchev–Trinajstić information content (AvgIpc) is 2.11. The molecule has 96 valence electrons. The van der Waals surface area contributed by atoms with Crippen LogP contribution in [0.5, 0.6) is 0 Å². The van der Waals surface area contributed by atoms with Crippen LogP contribution < -0.4 is 5.32 Å². The fraction of sp³-hybridized carbons (Fsp3) is 0.692. The van der Waals surface area contributed by atoms with Crippen molar-refractivity contribution >= 4 is 0 Å². The van der Waals surface area contributed by atoms with Crippen LogP contribution >= 0.6 is 0 Å². The Morgan fingerprint density at radius 2 is 1.88 bits per heavy atom. The molecule has 0 bridgehead atoms. The summed E-state index contributed by atoms with van der Waals surface area (Å²) < 4.78 is 0. The van der Waals surface area contributed by atoms with E-state index in [1.807, 2.05) is 27.1 Å². The van der Waals surface area contributed by atoms with Crippen molar-refractivity contribution in [2.75, 3.05) is 14.1 Å². The van der Waals surface area contributed by atoms with E-state index in [1.165, 1.54) is 0 Å². The molecule has 1 N–H and O–H groups in total. The van der Waals surface area contributed by atoms with E-state index in [2.05, 4.69) is 41.0 Å². The van der Waals surface area contributed by atoms with E-state index < -0.39 is 0 Å². The van der Waals surface area contributed by atoms with Crippen LogP contribution in [0, 0.1) is 6.92 Å². The highest BCUT2D eigenvalue weighted by molar-refractivity contribution is 5.10. The van der Waals surface area contributed by atoms with Crippen LogP contribution in [-0.4, -0.2) is 34.5 Å². The lowest BCUT2D eigenvalue weighted by Gasteiger charge is -2.20. The van der Waals surface area contributed by atoms with Crippen LogP contribution in [0.3, 0.4) is 0 Å². The summed E-state index contributed by atoms with van der Waals surface area (Å²) in [6.07, 6.45) is 0. The monoisotopic (exact) mass is 236 g/mol. The van der Waals surface area contributed by atoms with Gasteiger partial charge in [-0.1, -0.05) is 0 Å². The summed E-state index contributed by atoms with van der Waals surface area (Å²) in [4.78, 5) is 11.1. The highest BCUT2D eigenvalue weighted by atomic mass is 15.1. The van der Waals surface area contributed by atoms with Crippen molar-refractivity contribution < 1.29 is 0 Å². The smallest absolute Gasteiger partial charge is 0.142 e. The second-order valence-corrected chi connectivity index (χ2v) is 5.76. The van der Waals surface area contributed by atoms with Gasteiger partial charge in [0.25, 0.3) is 0 Å². The van der Waals surface area contributed by atoms with Crippen LogP contribution in [0.1, 0.15) is 38.0 Å². The molecule has 1 rings (SSSR count). The van der Waals surface area contributed by atoms with Crippen LogP contribution in [-0.2, 0) is 13.1 Å². The van der Waals surface area contributed by atoms with Crippen LogP contribution in [0.4, 0.5) is 0 Å². The molecule has 4 nitrogen and oxygen atoms in total. The molecule has 1 aromatic heterocycles. The standard InChI is InChI=1S/C13H24N4/c1-10-7-11(8-14-13(2,3)4)16-12(15-10)9-17(5)6/h7,14H,8-9H2,1-6H3. The van der Waals surface area contributed by atoms with Crippen molar-refractivity contribution in [2.45, 2.75) is 46.3 Å². The Kier molecular flexibility index (Phi) is 4.60. The topological polar surface area (TPSA) is 41.1 Å². The van der Waals surface area contributed by atoms with Crippen molar-refractivity contribution in [3.63, 3.8) is 0 Å². The predicted molar refractivity (Wildman–Crippen MR) is 70.8 cm³/mol.